The van der Waals surface area contributed by atoms with E-state index in [1.54, 1.807) is 7.11 Å². The van der Waals surface area contributed by atoms with Crippen LogP contribution in [0.15, 0.2) is 48.9 Å². The van der Waals surface area contributed by atoms with Gasteiger partial charge in [0.05, 0.1) is 18.8 Å². The van der Waals surface area contributed by atoms with Gasteiger partial charge in [0, 0.05) is 43.5 Å². The fourth-order valence-electron chi connectivity index (χ4n) is 9.18. The third kappa shape index (κ3) is 7.14. The third-order valence-corrected chi connectivity index (χ3v) is 12.9. The molecule has 9 heteroatoms. The number of carbonyl (C=O) groups is 2. The van der Waals surface area contributed by atoms with Gasteiger partial charge in [-0.15, -0.1) is 0 Å². The number of ether oxygens (including phenoxy) is 2. The Morgan fingerprint density at radius 2 is 1.67 bits per heavy atom. The van der Waals surface area contributed by atoms with Crippen LogP contribution >= 0.6 is 0 Å². The van der Waals surface area contributed by atoms with Crippen molar-refractivity contribution in [1.82, 2.24) is 19.7 Å². The summed E-state index contributed by atoms with van der Waals surface area (Å²) in [6, 6.07) is 10.8. The molecule has 3 aromatic rings. The van der Waals surface area contributed by atoms with E-state index in [4.69, 9.17) is 14.5 Å². The zero-order chi connectivity index (χ0) is 36.0. The molecule has 274 valence electrons. The fourth-order valence-corrected chi connectivity index (χ4v) is 9.18. The van der Waals surface area contributed by atoms with Crippen LogP contribution in [0.3, 0.4) is 0 Å². The number of fused-ring (bicyclic) bond motifs is 3. The molecule has 51 heavy (non-hydrogen) atoms. The van der Waals surface area contributed by atoms with Gasteiger partial charge in [-0.2, -0.15) is 5.10 Å². The van der Waals surface area contributed by atoms with Crippen molar-refractivity contribution in [2.75, 3.05) is 31.6 Å². The summed E-state index contributed by atoms with van der Waals surface area (Å²) in [7, 11) is 1.74. The highest BCUT2D eigenvalue weighted by Gasteiger charge is 2.51. The van der Waals surface area contributed by atoms with Gasteiger partial charge in [0.15, 0.2) is 0 Å². The van der Waals surface area contributed by atoms with Crippen molar-refractivity contribution in [1.29, 1.82) is 0 Å². The van der Waals surface area contributed by atoms with Crippen LogP contribution in [0.1, 0.15) is 109 Å². The van der Waals surface area contributed by atoms with Gasteiger partial charge in [-0.05, 0) is 150 Å². The molecule has 1 aliphatic heterocycles. The van der Waals surface area contributed by atoms with E-state index in [0.29, 0.717) is 12.5 Å². The molecule has 0 unspecified atom stereocenters. The van der Waals surface area contributed by atoms with Gasteiger partial charge in [-0.1, -0.05) is 19.1 Å². The molecular weight excluding hydrogens is 638 g/mol. The number of hydrogen-bond acceptors (Lipinski definition) is 6. The van der Waals surface area contributed by atoms with E-state index in [0.717, 1.165) is 106 Å². The molecule has 5 fully saturated rings. The Bertz CT molecular complexity index is 1700. The van der Waals surface area contributed by atoms with Crippen molar-refractivity contribution in [2.24, 2.45) is 17.3 Å². The summed E-state index contributed by atoms with van der Waals surface area (Å²) >= 11 is 0. The maximum absolute atomic E-state index is 14.7. The first-order valence-corrected chi connectivity index (χ1v) is 19.3. The molecule has 0 spiro atoms. The van der Waals surface area contributed by atoms with Crippen LogP contribution in [0.4, 0.5) is 10.6 Å². The lowest BCUT2D eigenvalue weighted by atomic mass is 9.51. The molecule has 2 amide bonds. The molecular formula is C42H57N5O4. The lowest BCUT2D eigenvalue weighted by Crippen LogP contribution is -2.52. The summed E-state index contributed by atoms with van der Waals surface area (Å²) in [6.45, 7) is 13.0. The fraction of sp³-hybridized carbons (Fsp3) is 0.619. The molecule has 0 atom stereocenters. The van der Waals surface area contributed by atoms with E-state index in [2.05, 4.69) is 70.2 Å². The van der Waals surface area contributed by atoms with E-state index >= 15 is 0 Å². The molecule has 1 aromatic carbocycles. The first kappa shape index (κ1) is 35.5. The van der Waals surface area contributed by atoms with Crippen LogP contribution in [-0.4, -0.2) is 64.5 Å². The van der Waals surface area contributed by atoms with Gasteiger partial charge in [0.1, 0.15) is 17.7 Å². The number of aryl methyl sites for hydroxylation is 1. The van der Waals surface area contributed by atoms with Gasteiger partial charge < -0.3 is 14.4 Å². The number of carbonyl (C=O) groups excluding carboxylic acids is 2. The molecule has 8 rings (SSSR count). The summed E-state index contributed by atoms with van der Waals surface area (Å²) in [5, 5.41) is 4.64. The summed E-state index contributed by atoms with van der Waals surface area (Å²) in [5.74, 6) is 2.30. The Hall–Kier alpha value is -3.88. The van der Waals surface area contributed by atoms with Gasteiger partial charge in [-0.3, -0.25) is 14.4 Å². The Labute approximate surface area is 304 Å². The molecule has 1 saturated heterocycles. The largest absolute Gasteiger partial charge is 0.496 e. The van der Waals surface area contributed by atoms with Gasteiger partial charge in [0.2, 0.25) is 5.91 Å². The molecule has 2 bridgehead atoms. The summed E-state index contributed by atoms with van der Waals surface area (Å²) in [5.41, 5.74) is 4.79. The number of likely N-dealkylation sites (tertiary alicyclic amines) is 1. The smallest absolute Gasteiger partial charge is 0.410 e. The van der Waals surface area contributed by atoms with Crippen LogP contribution in [0.5, 0.6) is 5.75 Å². The molecule has 0 radical (unpaired) electrons. The second-order valence-electron chi connectivity index (χ2n) is 17.2. The topological polar surface area (TPSA) is 89.8 Å². The summed E-state index contributed by atoms with van der Waals surface area (Å²) in [6.07, 6.45) is 16.2. The number of pyridine rings is 1. The Morgan fingerprint density at radius 3 is 2.27 bits per heavy atom. The number of benzene rings is 1. The summed E-state index contributed by atoms with van der Waals surface area (Å²) < 4.78 is 13.5. The van der Waals surface area contributed by atoms with Crippen LogP contribution in [-0.2, 0) is 20.5 Å². The first-order chi connectivity index (χ1) is 24.4. The van der Waals surface area contributed by atoms with Crippen molar-refractivity contribution in [3.63, 3.8) is 0 Å². The average molecular weight is 696 g/mol. The van der Waals surface area contributed by atoms with Crippen LogP contribution in [0.25, 0.3) is 11.1 Å². The number of hydrogen-bond donors (Lipinski definition) is 0. The van der Waals surface area contributed by atoms with Crippen molar-refractivity contribution < 1.29 is 19.1 Å². The Kier molecular flexibility index (Phi) is 9.70. The number of nitrogens with zero attached hydrogens (tertiary/aromatic N) is 5. The molecule has 3 heterocycles. The lowest BCUT2D eigenvalue weighted by Gasteiger charge is -2.55. The van der Waals surface area contributed by atoms with Crippen LogP contribution in [0, 0.1) is 24.2 Å². The first-order valence-electron chi connectivity index (χ1n) is 19.3. The average Bonchev–Trinajstić information content (AvgIpc) is 3.63. The quantitative estimate of drug-likeness (QED) is 0.223. The lowest BCUT2D eigenvalue weighted by molar-refractivity contribution is -0.124. The zero-order valence-electron chi connectivity index (χ0n) is 31.6. The highest BCUT2D eigenvalue weighted by atomic mass is 16.6. The van der Waals surface area contributed by atoms with E-state index in [-0.39, 0.29) is 40.4 Å². The number of rotatable bonds is 9. The normalized spacial score (nSPS) is 26.4. The summed E-state index contributed by atoms with van der Waals surface area (Å²) in [4.78, 5) is 36.2. The monoisotopic (exact) mass is 695 g/mol. The van der Waals surface area contributed by atoms with Crippen molar-refractivity contribution in [3.8, 4) is 16.9 Å². The standard InChI is InChI=1S/C42H57N5O4/c1-7-30-25-45(26-30)39(49)51-35-11-8-31(9-12-35)38(48)46(37-23-32(14-21-43-37)33-24-44-47(27-33)40(3,4)5)28-41-15-18-42(19-16-41,20-17-41)34-10-13-36(50-6)29(2)22-34/h10,13-14,21-24,27,30-31,35H,7-9,11-12,15-20,25-26,28H2,1-6H3. The molecule has 5 aliphatic rings. The maximum atomic E-state index is 14.7. The minimum absolute atomic E-state index is 0.0635. The Balaban J connectivity index is 1.09. The van der Waals surface area contributed by atoms with Crippen molar-refractivity contribution in [3.05, 3.63) is 60.0 Å². The minimum Gasteiger partial charge on any atom is -0.496 e. The number of methoxy groups -OCH3 is 1. The van der Waals surface area contributed by atoms with Gasteiger partial charge in [-0.25, -0.2) is 9.78 Å². The highest BCUT2D eigenvalue weighted by Crippen LogP contribution is 2.58. The van der Waals surface area contributed by atoms with Gasteiger partial charge >= 0.3 is 6.09 Å². The molecule has 4 saturated carbocycles. The molecule has 9 nitrogen and oxygen atoms in total. The predicted octanol–water partition coefficient (Wildman–Crippen LogP) is 8.68. The van der Waals surface area contributed by atoms with E-state index in [1.807, 2.05) is 32.9 Å². The Morgan fingerprint density at radius 1 is 0.961 bits per heavy atom. The van der Waals surface area contributed by atoms with Gasteiger partial charge in [0.25, 0.3) is 0 Å². The van der Waals surface area contributed by atoms with Crippen LogP contribution in [0.2, 0.25) is 0 Å². The van der Waals surface area contributed by atoms with Crippen LogP contribution < -0.4 is 9.64 Å². The maximum Gasteiger partial charge on any atom is 0.410 e. The minimum atomic E-state index is -0.193. The van der Waals surface area contributed by atoms with Crippen molar-refractivity contribution in [2.45, 2.75) is 122 Å². The number of amides is 2. The highest BCUT2D eigenvalue weighted by molar-refractivity contribution is 5.95. The van der Waals surface area contributed by atoms with Crippen molar-refractivity contribution >= 4 is 17.8 Å². The van der Waals surface area contributed by atoms with E-state index in [9.17, 15) is 9.59 Å². The zero-order valence-corrected chi connectivity index (χ0v) is 31.6. The predicted molar refractivity (Wildman–Crippen MR) is 200 cm³/mol. The molecule has 0 N–H and O–H groups in total. The second-order valence-corrected chi connectivity index (χ2v) is 17.2. The number of aromatic nitrogens is 3. The third-order valence-electron chi connectivity index (χ3n) is 12.9. The number of anilines is 1. The van der Waals surface area contributed by atoms with E-state index < -0.39 is 0 Å². The van der Waals surface area contributed by atoms with E-state index in [1.165, 1.54) is 11.1 Å². The second kappa shape index (κ2) is 13.9. The SMILES string of the molecule is CCC1CN(C(=O)OC2CCC(C(=O)N(CC34CCC(c5ccc(OC)c(C)c5)(CC3)CC4)c3cc(-c4cnn(C(C)(C)C)c4)ccn3)CC2)C1. The molecule has 2 aromatic heterocycles. The molecule has 4 aliphatic carbocycles.